The maximum Gasteiger partial charge on any atom is 0.316 e. The number of anilines is 2. The van der Waals surface area contributed by atoms with Crippen LogP contribution < -0.4 is 15.6 Å². The largest absolute Gasteiger partial charge is 0.490 e. The Bertz CT molecular complexity index is 1040. The Kier molecular flexibility index (Phi) is 5.67. The van der Waals surface area contributed by atoms with E-state index >= 15 is 0 Å². The molecule has 2 aromatic carbocycles. The molecule has 3 aromatic rings. The number of methoxy groups -OCH3 is 1. The zero-order chi connectivity index (χ0) is 20.3. The summed E-state index contributed by atoms with van der Waals surface area (Å²) in [6, 6.07) is 9.27. The fourth-order valence-corrected chi connectivity index (χ4v) is 2.80. The lowest BCUT2D eigenvalue weighted by atomic mass is 10.1. The highest BCUT2D eigenvalue weighted by atomic mass is 19.2. The molecule has 0 saturated heterocycles. The van der Waals surface area contributed by atoms with Gasteiger partial charge in [0.15, 0.2) is 17.5 Å². The molecule has 0 fully saturated rings. The van der Waals surface area contributed by atoms with Crippen molar-refractivity contribution in [2.24, 2.45) is 0 Å². The zero-order valence-corrected chi connectivity index (χ0v) is 15.3. The van der Waals surface area contributed by atoms with E-state index in [-0.39, 0.29) is 23.8 Å². The molecule has 1 aromatic heterocycles. The first kappa shape index (κ1) is 19.5. The molecule has 0 saturated carbocycles. The molecule has 0 aliphatic heterocycles. The number of rotatable bonds is 6. The van der Waals surface area contributed by atoms with Crippen LogP contribution >= 0.6 is 0 Å². The maximum absolute atomic E-state index is 13.6. The van der Waals surface area contributed by atoms with Crippen molar-refractivity contribution in [1.29, 1.82) is 0 Å². The lowest BCUT2D eigenvalue weighted by molar-refractivity contribution is 0.402. The summed E-state index contributed by atoms with van der Waals surface area (Å²) in [7, 11) is 1.32. The molecule has 0 radical (unpaired) electrons. The number of nitrogens with zero attached hydrogens (tertiary/aromatic N) is 2. The minimum atomic E-state index is -1.53. The van der Waals surface area contributed by atoms with Gasteiger partial charge in [0.25, 0.3) is 0 Å². The van der Waals surface area contributed by atoms with Crippen LogP contribution in [0.25, 0.3) is 0 Å². The van der Waals surface area contributed by atoms with Crippen LogP contribution in [-0.4, -0.2) is 16.7 Å². The first-order chi connectivity index (χ1) is 13.4. The third-order valence-corrected chi connectivity index (χ3v) is 4.22. The molecule has 0 unspecified atom stereocenters. The van der Waals surface area contributed by atoms with Crippen LogP contribution in [0.3, 0.4) is 0 Å². The van der Waals surface area contributed by atoms with E-state index in [1.54, 1.807) is 0 Å². The van der Waals surface area contributed by atoms with Crippen molar-refractivity contribution in [1.82, 2.24) is 9.55 Å². The number of halogens is 3. The van der Waals surface area contributed by atoms with Gasteiger partial charge >= 0.3 is 5.56 Å². The van der Waals surface area contributed by atoms with Crippen molar-refractivity contribution in [3.63, 3.8) is 0 Å². The van der Waals surface area contributed by atoms with E-state index in [4.69, 9.17) is 4.74 Å². The molecule has 28 heavy (non-hydrogen) atoms. The molecule has 0 bridgehead atoms. The Labute approximate surface area is 159 Å². The lowest BCUT2D eigenvalue weighted by Gasteiger charge is -2.17. The van der Waals surface area contributed by atoms with Gasteiger partial charge in [-0.2, -0.15) is 4.98 Å². The Hall–Kier alpha value is -3.29. The predicted molar refractivity (Wildman–Crippen MR) is 99.6 cm³/mol. The second-order valence-electron chi connectivity index (χ2n) is 6.08. The van der Waals surface area contributed by atoms with Crippen LogP contribution in [0.4, 0.5) is 24.8 Å². The van der Waals surface area contributed by atoms with Gasteiger partial charge in [-0.1, -0.05) is 25.1 Å². The number of ether oxygens (including phenoxy) is 1. The number of aromatic nitrogens is 2. The molecule has 1 N–H and O–H groups in total. The average molecular weight is 389 g/mol. The monoisotopic (exact) mass is 389 g/mol. The standard InChI is InChI=1S/C20H18F3N3O2/c1-3-13-6-4-5-7-16(13)24-20-25-19(27)17(28-2)11-26(20)10-12-8-14(21)18(23)15(22)9-12/h4-9,11H,3,10H2,1-2H3,(H,24,25,27). The van der Waals surface area contributed by atoms with Crippen LogP contribution in [0, 0.1) is 17.5 Å². The Balaban J connectivity index is 2.05. The summed E-state index contributed by atoms with van der Waals surface area (Å²) in [5.74, 6) is -3.98. The summed E-state index contributed by atoms with van der Waals surface area (Å²) >= 11 is 0. The van der Waals surface area contributed by atoms with Gasteiger partial charge < -0.3 is 14.6 Å². The quantitative estimate of drug-likeness (QED) is 0.647. The van der Waals surface area contributed by atoms with Crippen LogP contribution in [0.5, 0.6) is 5.75 Å². The van der Waals surface area contributed by atoms with Gasteiger partial charge in [0.2, 0.25) is 11.7 Å². The van der Waals surface area contributed by atoms with Gasteiger partial charge in [-0.25, -0.2) is 13.2 Å². The maximum atomic E-state index is 13.6. The molecule has 0 amide bonds. The molecule has 0 spiro atoms. The topological polar surface area (TPSA) is 56.1 Å². The number of hydrogen-bond donors (Lipinski definition) is 1. The molecule has 0 aliphatic rings. The highest BCUT2D eigenvalue weighted by Crippen LogP contribution is 2.22. The Morgan fingerprint density at radius 1 is 1.14 bits per heavy atom. The average Bonchev–Trinajstić information content (AvgIpc) is 2.68. The minimum absolute atomic E-state index is 0.0302. The fourth-order valence-electron chi connectivity index (χ4n) is 2.80. The normalized spacial score (nSPS) is 10.8. The third-order valence-electron chi connectivity index (χ3n) is 4.22. The van der Waals surface area contributed by atoms with Crippen LogP contribution in [0.2, 0.25) is 0 Å². The van der Waals surface area contributed by atoms with E-state index in [1.807, 2.05) is 31.2 Å². The van der Waals surface area contributed by atoms with Crippen molar-refractivity contribution >= 4 is 11.6 Å². The van der Waals surface area contributed by atoms with Crippen molar-refractivity contribution in [3.8, 4) is 5.75 Å². The van der Waals surface area contributed by atoms with Crippen molar-refractivity contribution < 1.29 is 17.9 Å². The summed E-state index contributed by atoms with van der Waals surface area (Å²) in [6.45, 7) is 1.92. The Morgan fingerprint density at radius 3 is 2.46 bits per heavy atom. The molecular formula is C20H18F3N3O2. The van der Waals surface area contributed by atoms with E-state index in [1.165, 1.54) is 17.9 Å². The SMILES string of the molecule is CCc1ccccc1Nc1nc(=O)c(OC)cn1Cc1cc(F)c(F)c(F)c1. The summed E-state index contributed by atoms with van der Waals surface area (Å²) in [4.78, 5) is 16.1. The number of benzene rings is 2. The van der Waals surface area contributed by atoms with Crippen molar-refractivity contribution in [2.45, 2.75) is 19.9 Å². The zero-order valence-electron chi connectivity index (χ0n) is 15.3. The van der Waals surface area contributed by atoms with Gasteiger partial charge in [-0.05, 0) is 35.7 Å². The van der Waals surface area contributed by atoms with Gasteiger partial charge in [-0.15, -0.1) is 0 Å². The first-order valence-corrected chi connectivity index (χ1v) is 8.56. The molecule has 8 heteroatoms. The van der Waals surface area contributed by atoms with Crippen LogP contribution in [0.1, 0.15) is 18.1 Å². The number of hydrogen-bond acceptors (Lipinski definition) is 4. The second kappa shape index (κ2) is 8.16. The molecule has 0 atom stereocenters. The molecule has 3 rings (SSSR count). The number of para-hydroxylation sites is 1. The van der Waals surface area contributed by atoms with E-state index < -0.39 is 23.0 Å². The molecule has 1 heterocycles. The molecule has 146 valence electrons. The first-order valence-electron chi connectivity index (χ1n) is 8.56. The molecular weight excluding hydrogens is 371 g/mol. The molecule has 5 nitrogen and oxygen atoms in total. The Morgan fingerprint density at radius 2 is 1.82 bits per heavy atom. The number of aryl methyl sites for hydroxylation is 1. The molecule has 0 aliphatic carbocycles. The van der Waals surface area contributed by atoms with E-state index in [2.05, 4.69) is 10.3 Å². The van der Waals surface area contributed by atoms with Crippen molar-refractivity contribution in [2.75, 3.05) is 12.4 Å². The van der Waals surface area contributed by atoms with E-state index in [0.29, 0.717) is 0 Å². The summed E-state index contributed by atoms with van der Waals surface area (Å²) < 4.78 is 46.8. The van der Waals surface area contributed by atoms with Gasteiger partial charge in [0.05, 0.1) is 19.9 Å². The van der Waals surface area contributed by atoms with Gasteiger partial charge in [-0.3, -0.25) is 4.79 Å². The highest BCUT2D eigenvalue weighted by molar-refractivity contribution is 5.59. The fraction of sp³-hybridized carbons (Fsp3) is 0.200. The van der Waals surface area contributed by atoms with Gasteiger partial charge in [0, 0.05) is 5.69 Å². The van der Waals surface area contributed by atoms with E-state index in [0.717, 1.165) is 29.8 Å². The second-order valence-corrected chi connectivity index (χ2v) is 6.08. The number of nitrogens with one attached hydrogen (secondary N) is 1. The third kappa shape index (κ3) is 4.00. The predicted octanol–water partition coefficient (Wildman–Crippen LogP) is 4.02. The summed E-state index contributed by atoms with van der Waals surface area (Å²) in [5, 5.41) is 3.08. The smallest absolute Gasteiger partial charge is 0.316 e. The lowest BCUT2D eigenvalue weighted by Crippen LogP contribution is -2.19. The van der Waals surface area contributed by atoms with Crippen molar-refractivity contribution in [3.05, 3.63) is 81.5 Å². The summed E-state index contributed by atoms with van der Waals surface area (Å²) in [5.41, 5.74) is 1.31. The minimum Gasteiger partial charge on any atom is -0.490 e. The van der Waals surface area contributed by atoms with E-state index in [9.17, 15) is 18.0 Å². The van der Waals surface area contributed by atoms with Gasteiger partial charge in [0.1, 0.15) is 0 Å². The summed E-state index contributed by atoms with van der Waals surface area (Å²) in [6.07, 6.45) is 2.13. The van der Waals surface area contributed by atoms with Crippen LogP contribution in [-0.2, 0) is 13.0 Å². The van der Waals surface area contributed by atoms with Crippen LogP contribution in [0.15, 0.2) is 47.4 Å². The highest BCUT2D eigenvalue weighted by Gasteiger charge is 2.14.